The maximum Gasteiger partial charge on any atom is 0.274 e. The van der Waals surface area contributed by atoms with Gasteiger partial charge in [-0.25, -0.2) is 0 Å². The summed E-state index contributed by atoms with van der Waals surface area (Å²) in [5.41, 5.74) is 1.28. The van der Waals surface area contributed by atoms with Gasteiger partial charge in [-0.15, -0.1) is 11.3 Å². The van der Waals surface area contributed by atoms with Gasteiger partial charge in [0.15, 0.2) is 0 Å². The van der Waals surface area contributed by atoms with Crippen LogP contribution in [-0.2, 0) is 0 Å². The predicted molar refractivity (Wildman–Crippen MR) is 110 cm³/mol. The summed E-state index contributed by atoms with van der Waals surface area (Å²) in [5.74, 6) is -0.585. The van der Waals surface area contributed by atoms with Crippen LogP contribution >= 0.6 is 11.3 Å². The van der Waals surface area contributed by atoms with E-state index in [1.807, 2.05) is 17.5 Å². The maximum atomic E-state index is 12.6. The zero-order valence-electron chi connectivity index (χ0n) is 15.7. The number of carbonyl (C=O) groups excluding carboxylic acids is 2. The number of benzene rings is 1. The Kier molecular flexibility index (Phi) is 6.16. The summed E-state index contributed by atoms with van der Waals surface area (Å²) in [6.07, 6.45) is 1.85. The Bertz CT molecular complexity index is 1020. The van der Waals surface area contributed by atoms with E-state index in [1.54, 1.807) is 41.7 Å². The molecule has 0 spiro atoms. The predicted octanol–water partition coefficient (Wildman–Crippen LogP) is 3.90. The Balaban J connectivity index is 1.78. The number of nitrogens with one attached hydrogen (secondary N) is 1. The van der Waals surface area contributed by atoms with Crippen LogP contribution in [-0.4, -0.2) is 21.6 Å². The number of rotatable bonds is 6. The van der Waals surface area contributed by atoms with Gasteiger partial charge in [0.1, 0.15) is 0 Å². The molecule has 1 unspecified atom stereocenters. The summed E-state index contributed by atoms with van der Waals surface area (Å²) in [4.78, 5) is 37.0. The molecule has 2 aromatic heterocycles. The van der Waals surface area contributed by atoms with E-state index in [-0.39, 0.29) is 11.9 Å². The van der Waals surface area contributed by atoms with Crippen molar-refractivity contribution in [3.05, 3.63) is 74.7 Å². The maximum absolute atomic E-state index is 12.6. The molecule has 28 heavy (non-hydrogen) atoms. The fraction of sp³-hybridized carbons (Fsp3) is 0.238. The number of aromatic nitrogens is 2. The molecule has 3 rings (SSSR count). The van der Waals surface area contributed by atoms with E-state index >= 15 is 0 Å². The van der Waals surface area contributed by atoms with Crippen LogP contribution in [0.5, 0.6) is 0 Å². The van der Waals surface area contributed by atoms with Crippen LogP contribution in [0.15, 0.2) is 58.7 Å². The molecule has 1 aromatic carbocycles. The lowest BCUT2D eigenvalue weighted by atomic mass is 10.1. The Labute approximate surface area is 166 Å². The van der Waals surface area contributed by atoms with Crippen molar-refractivity contribution in [1.82, 2.24) is 15.1 Å². The Morgan fingerprint density at radius 2 is 1.89 bits per heavy atom. The summed E-state index contributed by atoms with van der Waals surface area (Å²) in [6.45, 7) is 3.38. The van der Waals surface area contributed by atoms with Gasteiger partial charge >= 0.3 is 0 Å². The molecule has 0 aliphatic heterocycles. The van der Waals surface area contributed by atoms with E-state index in [9.17, 15) is 14.4 Å². The second kappa shape index (κ2) is 8.75. The molecule has 7 heteroatoms. The van der Waals surface area contributed by atoms with Gasteiger partial charge < -0.3 is 5.32 Å². The molecule has 0 aliphatic carbocycles. The van der Waals surface area contributed by atoms with Crippen LogP contribution < -0.4 is 10.9 Å². The molecule has 0 aliphatic rings. The van der Waals surface area contributed by atoms with Gasteiger partial charge in [-0.05, 0) is 36.1 Å². The van der Waals surface area contributed by atoms with Crippen molar-refractivity contribution in [2.75, 3.05) is 0 Å². The van der Waals surface area contributed by atoms with Crippen LogP contribution in [0.3, 0.4) is 0 Å². The average molecular weight is 395 g/mol. The van der Waals surface area contributed by atoms with Crippen molar-refractivity contribution in [2.24, 2.45) is 0 Å². The summed E-state index contributed by atoms with van der Waals surface area (Å²) in [6, 6.07) is 13.8. The molecule has 1 amide bonds. The van der Waals surface area contributed by atoms with Crippen molar-refractivity contribution in [3.63, 3.8) is 0 Å². The van der Waals surface area contributed by atoms with Crippen LogP contribution in [0.1, 0.15) is 52.8 Å². The average Bonchev–Trinajstić information content (AvgIpc) is 3.22. The van der Waals surface area contributed by atoms with Crippen molar-refractivity contribution in [3.8, 4) is 11.3 Å². The standard InChI is InChI=1S/C21H21N3O3S/c1-3-5-18(19-6-4-13-28-19)22-21(27)16-9-7-15(8-10-16)17-11-12-20(26)24(23-17)14(2)25/h4,6-13,18H,3,5H2,1-2H3,(H,22,27). The summed E-state index contributed by atoms with van der Waals surface area (Å²) in [7, 11) is 0. The molecule has 144 valence electrons. The molecule has 6 nitrogen and oxygen atoms in total. The fourth-order valence-corrected chi connectivity index (χ4v) is 3.70. The second-order valence-corrected chi connectivity index (χ2v) is 7.37. The minimum atomic E-state index is -0.470. The minimum absolute atomic E-state index is 0.00188. The third-order valence-corrected chi connectivity index (χ3v) is 5.30. The lowest BCUT2D eigenvalue weighted by molar-refractivity contribution is 0.0912. The molecule has 0 saturated heterocycles. The van der Waals surface area contributed by atoms with Gasteiger partial charge in [-0.1, -0.05) is 31.5 Å². The van der Waals surface area contributed by atoms with Crippen LogP contribution in [0.4, 0.5) is 0 Å². The molecule has 2 heterocycles. The highest BCUT2D eigenvalue weighted by Gasteiger charge is 2.16. The zero-order chi connectivity index (χ0) is 20.1. The summed E-state index contributed by atoms with van der Waals surface area (Å²) < 4.78 is 0.826. The Morgan fingerprint density at radius 1 is 1.14 bits per heavy atom. The van der Waals surface area contributed by atoms with Crippen molar-refractivity contribution in [1.29, 1.82) is 0 Å². The molecular weight excluding hydrogens is 374 g/mol. The number of hydrogen-bond acceptors (Lipinski definition) is 5. The van der Waals surface area contributed by atoms with E-state index < -0.39 is 11.5 Å². The molecule has 1 atom stereocenters. The lowest BCUT2D eigenvalue weighted by Gasteiger charge is -2.17. The minimum Gasteiger partial charge on any atom is -0.344 e. The van der Waals surface area contributed by atoms with Crippen LogP contribution in [0, 0.1) is 0 Å². The zero-order valence-corrected chi connectivity index (χ0v) is 16.5. The highest BCUT2D eigenvalue weighted by Crippen LogP contribution is 2.24. The van der Waals surface area contributed by atoms with E-state index in [4.69, 9.17) is 0 Å². The molecule has 0 radical (unpaired) electrons. The number of nitrogens with zero attached hydrogens (tertiary/aromatic N) is 2. The first-order valence-corrected chi connectivity index (χ1v) is 9.93. The molecule has 1 N–H and O–H groups in total. The highest BCUT2D eigenvalue weighted by molar-refractivity contribution is 7.10. The topological polar surface area (TPSA) is 81.1 Å². The van der Waals surface area contributed by atoms with Crippen LogP contribution in [0.2, 0.25) is 0 Å². The molecule has 3 aromatic rings. The first kappa shape index (κ1) is 19.7. The normalized spacial score (nSPS) is 11.8. The quantitative estimate of drug-likeness (QED) is 0.686. The summed E-state index contributed by atoms with van der Waals surface area (Å²) >= 11 is 1.63. The molecular formula is C21H21N3O3S. The molecule has 0 fully saturated rings. The Hall–Kier alpha value is -3.06. The smallest absolute Gasteiger partial charge is 0.274 e. The van der Waals surface area contributed by atoms with Crippen LogP contribution in [0.25, 0.3) is 11.3 Å². The van der Waals surface area contributed by atoms with Gasteiger partial charge in [0.25, 0.3) is 11.5 Å². The number of thiophene rings is 1. The van der Waals surface area contributed by atoms with E-state index in [0.717, 1.165) is 28.0 Å². The number of amides is 1. The highest BCUT2D eigenvalue weighted by atomic mass is 32.1. The van der Waals surface area contributed by atoms with Gasteiger partial charge in [0, 0.05) is 29.0 Å². The fourth-order valence-electron chi connectivity index (χ4n) is 2.89. The second-order valence-electron chi connectivity index (χ2n) is 6.40. The van der Waals surface area contributed by atoms with Crippen molar-refractivity contribution >= 4 is 23.2 Å². The van der Waals surface area contributed by atoms with Gasteiger partial charge in [0.05, 0.1) is 11.7 Å². The van der Waals surface area contributed by atoms with E-state index in [2.05, 4.69) is 17.3 Å². The van der Waals surface area contributed by atoms with E-state index in [0.29, 0.717) is 11.3 Å². The third-order valence-electron chi connectivity index (χ3n) is 4.31. The van der Waals surface area contributed by atoms with Gasteiger partial charge in [0.2, 0.25) is 5.91 Å². The Morgan fingerprint density at radius 3 is 2.50 bits per heavy atom. The SMILES string of the molecule is CCCC(NC(=O)c1ccc(-c2ccc(=O)n(C(C)=O)n2)cc1)c1cccs1. The lowest BCUT2D eigenvalue weighted by Crippen LogP contribution is -2.28. The number of hydrogen-bond donors (Lipinski definition) is 1. The summed E-state index contributed by atoms with van der Waals surface area (Å²) in [5, 5.41) is 9.18. The largest absolute Gasteiger partial charge is 0.344 e. The third kappa shape index (κ3) is 4.43. The van der Waals surface area contributed by atoms with Crippen molar-refractivity contribution in [2.45, 2.75) is 32.7 Å². The van der Waals surface area contributed by atoms with E-state index in [1.165, 1.54) is 13.0 Å². The molecule has 0 bridgehead atoms. The van der Waals surface area contributed by atoms with Gasteiger partial charge in [-0.3, -0.25) is 14.4 Å². The first-order valence-electron chi connectivity index (χ1n) is 9.05. The van der Waals surface area contributed by atoms with Crippen molar-refractivity contribution < 1.29 is 9.59 Å². The van der Waals surface area contributed by atoms with Gasteiger partial charge in [-0.2, -0.15) is 9.78 Å². The number of carbonyl (C=O) groups is 2. The first-order chi connectivity index (χ1) is 13.5. The monoisotopic (exact) mass is 395 g/mol. The molecule has 0 saturated carbocycles.